The Morgan fingerprint density at radius 2 is 1.46 bits per heavy atom. The second-order valence-electron chi connectivity index (χ2n) is 16.7. The summed E-state index contributed by atoms with van der Waals surface area (Å²) in [5, 5.41) is 22.3. The Morgan fingerprint density at radius 1 is 0.815 bits per heavy atom. The summed E-state index contributed by atoms with van der Waals surface area (Å²) in [5.74, 6) is 0.361. The van der Waals surface area contributed by atoms with Crippen molar-refractivity contribution in [2.24, 2.45) is 0 Å². The van der Waals surface area contributed by atoms with Gasteiger partial charge in [0.1, 0.15) is 0 Å². The van der Waals surface area contributed by atoms with Crippen LogP contribution in [0.4, 0.5) is 11.4 Å². The lowest BCUT2D eigenvalue weighted by Crippen LogP contribution is -2.28. The molecule has 0 saturated carbocycles. The maximum Gasteiger partial charge on any atom is 0.294 e. The van der Waals surface area contributed by atoms with Crippen LogP contribution in [0.2, 0.25) is 0 Å². The Balaban J connectivity index is 1.19. The fourth-order valence-corrected chi connectivity index (χ4v) is 8.85. The number of anilines is 2. The second-order valence-corrected chi connectivity index (χ2v) is 21.1. The van der Waals surface area contributed by atoms with Crippen LogP contribution in [0.15, 0.2) is 119 Å². The molecule has 5 N–H and O–H groups in total. The fourth-order valence-electron chi connectivity index (χ4n) is 7.35. The Hall–Kier alpha value is -5.64. The van der Waals surface area contributed by atoms with Gasteiger partial charge in [-0.25, -0.2) is 0 Å². The van der Waals surface area contributed by atoms with E-state index in [2.05, 4.69) is 37.6 Å². The van der Waals surface area contributed by atoms with Crippen LogP contribution in [-0.2, 0) is 52.5 Å². The van der Waals surface area contributed by atoms with Gasteiger partial charge in [-0.15, -0.1) is 20.4 Å². The number of unbranched alkanes of at least 4 members (excludes halogenated alkanes) is 2. The lowest BCUT2D eigenvalue weighted by molar-refractivity contribution is -0.121. The van der Waals surface area contributed by atoms with Crippen LogP contribution in [0.1, 0.15) is 82.3 Å². The number of rotatable bonds is 21. The molecule has 5 rings (SSSR count). The molecule has 3 aromatic carbocycles. The highest BCUT2D eigenvalue weighted by atomic mass is 32.2. The molecular formula is C45H55N7O10S3. The molecule has 0 atom stereocenters. The fraction of sp³-hybridized carbons (Fsp3) is 0.356. The quantitative estimate of drug-likeness (QED) is 0.0322. The van der Waals surface area contributed by atoms with Gasteiger partial charge in [0.2, 0.25) is 11.7 Å². The van der Waals surface area contributed by atoms with Crippen LogP contribution < -0.4 is 15.5 Å². The smallest absolute Gasteiger partial charge is 0.294 e. The van der Waals surface area contributed by atoms with E-state index in [0.29, 0.717) is 71.4 Å². The Labute approximate surface area is 381 Å². The lowest BCUT2D eigenvalue weighted by atomic mass is 9.77. The van der Waals surface area contributed by atoms with Gasteiger partial charge in [0.15, 0.2) is 5.82 Å². The summed E-state index contributed by atoms with van der Waals surface area (Å²) in [6.07, 6.45) is 11.4. The summed E-state index contributed by atoms with van der Waals surface area (Å²) in [4.78, 5) is 13.9. The van der Waals surface area contributed by atoms with Crippen molar-refractivity contribution in [3.8, 4) is 11.4 Å². The number of carbonyl (C=O) groups excluding carboxylic acids is 1. The third-order valence-electron chi connectivity index (χ3n) is 11.2. The van der Waals surface area contributed by atoms with E-state index in [-0.39, 0.29) is 28.7 Å². The number of fused-ring (bicyclic) bond motifs is 1. The summed E-state index contributed by atoms with van der Waals surface area (Å²) in [7, 11) is -13.2. The first-order chi connectivity index (χ1) is 30.4. The Kier molecular flexibility index (Phi) is 16.0. The monoisotopic (exact) mass is 949 g/mol. The van der Waals surface area contributed by atoms with Gasteiger partial charge in [-0.05, 0) is 90.9 Å². The van der Waals surface area contributed by atoms with Crippen LogP contribution in [0, 0.1) is 6.92 Å². The molecule has 65 heavy (non-hydrogen) atoms. The first-order valence-electron chi connectivity index (χ1n) is 20.7. The summed E-state index contributed by atoms with van der Waals surface area (Å²) in [5.41, 5.74) is 3.87. The van der Waals surface area contributed by atoms with Gasteiger partial charge < -0.3 is 15.5 Å². The number of allylic oxidation sites excluding steroid dienone is 7. The molecule has 17 nitrogen and oxygen atoms in total. The first kappa shape index (κ1) is 50.4. The molecule has 4 aromatic rings. The zero-order chi connectivity index (χ0) is 47.8. The molecule has 0 spiro atoms. The number of carbonyl (C=O) groups is 1. The van der Waals surface area contributed by atoms with Crippen molar-refractivity contribution in [1.29, 1.82) is 0 Å². The molecule has 1 amide bonds. The van der Waals surface area contributed by atoms with Gasteiger partial charge in [0.05, 0.1) is 15.5 Å². The molecular weight excluding hydrogens is 895 g/mol. The largest absolute Gasteiger partial charge is 0.385 e. The number of nitrogens with zero attached hydrogens (tertiary/aromatic N) is 5. The topological polar surface area (TPSA) is 259 Å². The van der Waals surface area contributed by atoms with Gasteiger partial charge in [0.25, 0.3) is 30.4 Å². The van der Waals surface area contributed by atoms with Crippen molar-refractivity contribution in [3.63, 3.8) is 0 Å². The molecule has 0 saturated heterocycles. The van der Waals surface area contributed by atoms with Crippen LogP contribution in [0.25, 0.3) is 11.4 Å². The van der Waals surface area contributed by atoms with Crippen molar-refractivity contribution in [2.45, 2.75) is 93.9 Å². The average Bonchev–Trinajstić information content (AvgIpc) is 3.44. The van der Waals surface area contributed by atoms with E-state index in [1.165, 1.54) is 24.3 Å². The van der Waals surface area contributed by atoms with E-state index in [9.17, 15) is 43.7 Å². The van der Waals surface area contributed by atoms with Crippen LogP contribution >= 0.6 is 0 Å². The molecule has 0 fully saturated rings. The normalized spacial score (nSPS) is 14.9. The van der Waals surface area contributed by atoms with Gasteiger partial charge in [0, 0.05) is 59.5 Å². The number of hydrogen-bond acceptors (Lipinski definition) is 13. The summed E-state index contributed by atoms with van der Waals surface area (Å²) < 4.78 is 100. The van der Waals surface area contributed by atoms with Gasteiger partial charge >= 0.3 is 0 Å². The molecule has 20 heteroatoms. The average molecular weight is 950 g/mol. The number of amides is 1. The van der Waals surface area contributed by atoms with Crippen molar-refractivity contribution in [3.05, 3.63) is 131 Å². The maximum atomic E-state index is 12.6. The van der Waals surface area contributed by atoms with E-state index in [0.717, 1.165) is 24.0 Å². The number of hydrogen-bond donors (Lipinski definition) is 5. The van der Waals surface area contributed by atoms with Crippen LogP contribution in [0.5, 0.6) is 0 Å². The van der Waals surface area contributed by atoms with Gasteiger partial charge in [-0.2, -0.15) is 25.3 Å². The van der Waals surface area contributed by atoms with E-state index >= 15 is 0 Å². The van der Waals surface area contributed by atoms with Crippen molar-refractivity contribution in [1.82, 2.24) is 25.7 Å². The third kappa shape index (κ3) is 13.5. The first-order valence-corrected chi connectivity index (χ1v) is 25.2. The van der Waals surface area contributed by atoms with Gasteiger partial charge in [-0.1, -0.05) is 89.3 Å². The minimum atomic E-state index is -4.52. The molecule has 0 aliphatic carbocycles. The lowest BCUT2D eigenvalue weighted by Gasteiger charge is -2.29. The molecule has 0 bridgehead atoms. The predicted octanol–water partition coefficient (Wildman–Crippen LogP) is 6.93. The van der Waals surface area contributed by atoms with Crippen molar-refractivity contribution in [2.75, 3.05) is 29.1 Å². The second kappa shape index (κ2) is 20.7. The molecule has 1 aliphatic rings. The maximum absolute atomic E-state index is 12.6. The molecule has 0 unspecified atom stereocenters. The third-order valence-corrected chi connectivity index (χ3v) is 13.7. The number of benzene rings is 3. The van der Waals surface area contributed by atoms with E-state index in [1.54, 1.807) is 43.4 Å². The summed E-state index contributed by atoms with van der Waals surface area (Å²) in [6.45, 7) is 14.6. The van der Waals surface area contributed by atoms with Gasteiger partial charge in [-0.3, -0.25) is 18.5 Å². The number of aromatic nitrogens is 4. The molecule has 1 aromatic heterocycles. The van der Waals surface area contributed by atoms with E-state index < -0.39 is 46.9 Å². The highest BCUT2D eigenvalue weighted by Crippen LogP contribution is 2.48. The highest BCUT2D eigenvalue weighted by Gasteiger charge is 2.40. The minimum absolute atomic E-state index is 0.0688. The summed E-state index contributed by atoms with van der Waals surface area (Å²) in [6, 6.07) is 16.0. The van der Waals surface area contributed by atoms with Crippen LogP contribution in [0.3, 0.4) is 0 Å². The summed E-state index contributed by atoms with van der Waals surface area (Å²) >= 11 is 0. The highest BCUT2D eigenvalue weighted by molar-refractivity contribution is 7.86. The SMILES string of the molecule is C=C(/C=C/C=C/C=C1/N(CCCS(=O)(=O)O)c2ccc(S(=O)(=O)O)cc2C1(C)C)C(C)(C)c1cc(S(=O)(=O)O)ccc1NCCCCCC(=O)NCc1ccc(-c2nnc(C)nn2)cc1. The molecule has 1 aliphatic heterocycles. The van der Waals surface area contributed by atoms with Crippen molar-refractivity contribution < 1.29 is 43.7 Å². The van der Waals surface area contributed by atoms with E-state index in [4.69, 9.17) is 0 Å². The standard InChI is InChI=1S/C45H55N7O10S3/c1-31(14-9-7-10-15-41-45(5,6)38-29-36(65(60,61)62)22-24-40(38)52(41)26-13-27-63(54,55)56)44(3,4)37-28-35(64(57,58)59)21-23-39(37)46-25-12-8-11-16-42(53)47-30-33-17-19-34(20-18-33)43-50-48-32(2)49-51-43/h7,9-10,14-15,17-24,28-29,46H,1,8,11-13,16,25-27,30H2,2-6H3,(H,47,53)(H,54,55,56)(H,57,58,59)(H,60,61,62)/b10-7+,14-9+,41-15+. The molecule has 348 valence electrons. The molecule has 2 heterocycles. The Morgan fingerprint density at radius 3 is 2.11 bits per heavy atom. The number of aryl methyl sites for hydroxylation is 1. The predicted molar refractivity (Wildman–Crippen MR) is 249 cm³/mol. The zero-order valence-corrected chi connectivity index (χ0v) is 39.3. The zero-order valence-electron chi connectivity index (χ0n) is 36.9. The van der Waals surface area contributed by atoms with E-state index in [1.807, 2.05) is 62.9 Å². The minimum Gasteiger partial charge on any atom is -0.385 e. The van der Waals surface area contributed by atoms with Crippen molar-refractivity contribution >= 4 is 47.6 Å². The van der Waals surface area contributed by atoms with Crippen LogP contribution in [-0.4, -0.2) is 84.1 Å². The molecule has 0 radical (unpaired) electrons. The number of nitrogens with one attached hydrogen (secondary N) is 2. The Bertz CT molecular complexity index is 2820.